The monoisotopic (exact) mass is 260 g/mol. The molecule has 106 valence electrons. The Morgan fingerprint density at radius 1 is 1.16 bits per heavy atom. The minimum atomic E-state index is 0.440. The van der Waals surface area contributed by atoms with Crippen molar-refractivity contribution in [1.29, 1.82) is 0 Å². The van der Waals surface area contributed by atoms with E-state index in [0.29, 0.717) is 6.04 Å². The van der Waals surface area contributed by atoms with E-state index in [0.717, 1.165) is 19.1 Å². The van der Waals surface area contributed by atoms with Gasteiger partial charge in [-0.1, -0.05) is 30.7 Å². The van der Waals surface area contributed by atoms with E-state index in [-0.39, 0.29) is 0 Å². The maximum Gasteiger partial charge on any atom is 0.0239 e. The highest BCUT2D eigenvalue weighted by molar-refractivity contribution is 5.30. The molecule has 0 radical (unpaired) electrons. The van der Waals surface area contributed by atoms with Gasteiger partial charge in [0.05, 0.1) is 0 Å². The van der Waals surface area contributed by atoms with Crippen LogP contribution >= 0.6 is 0 Å². The van der Waals surface area contributed by atoms with E-state index < -0.39 is 0 Å². The highest BCUT2D eigenvalue weighted by Gasteiger charge is 2.23. The molecule has 0 saturated heterocycles. The predicted molar refractivity (Wildman–Crippen MR) is 82.2 cm³/mol. The SMILES string of the molecule is CCN(Cc1cc(C)ccc1C)C1CCC(N)CC1. The second-order valence-corrected chi connectivity index (χ2v) is 6.06. The Morgan fingerprint density at radius 2 is 1.84 bits per heavy atom. The molecule has 0 aliphatic heterocycles. The molecule has 1 aliphatic carbocycles. The first-order valence-electron chi connectivity index (χ1n) is 7.66. The summed E-state index contributed by atoms with van der Waals surface area (Å²) in [6.45, 7) is 8.90. The number of hydrogen-bond donors (Lipinski definition) is 1. The average molecular weight is 260 g/mol. The number of rotatable bonds is 4. The molecule has 2 N–H and O–H groups in total. The standard InChI is InChI=1S/C17H28N2/c1-4-19(17-9-7-16(18)8-10-17)12-15-11-13(2)5-6-14(15)3/h5-6,11,16-17H,4,7-10,12,18H2,1-3H3. The second-order valence-electron chi connectivity index (χ2n) is 6.06. The van der Waals surface area contributed by atoms with Crippen LogP contribution in [-0.2, 0) is 6.54 Å². The molecule has 1 aromatic carbocycles. The number of aryl methyl sites for hydroxylation is 2. The molecule has 1 fully saturated rings. The maximum absolute atomic E-state index is 6.02. The van der Waals surface area contributed by atoms with Crippen LogP contribution in [0.1, 0.15) is 49.3 Å². The fraction of sp³-hybridized carbons (Fsp3) is 0.647. The van der Waals surface area contributed by atoms with E-state index >= 15 is 0 Å². The van der Waals surface area contributed by atoms with E-state index in [1.165, 1.54) is 42.4 Å². The summed E-state index contributed by atoms with van der Waals surface area (Å²) in [4.78, 5) is 2.63. The van der Waals surface area contributed by atoms with Gasteiger partial charge in [0.25, 0.3) is 0 Å². The van der Waals surface area contributed by atoms with E-state index in [9.17, 15) is 0 Å². The van der Waals surface area contributed by atoms with Gasteiger partial charge in [-0.2, -0.15) is 0 Å². The summed E-state index contributed by atoms with van der Waals surface area (Å²) in [5.74, 6) is 0. The van der Waals surface area contributed by atoms with Gasteiger partial charge in [-0.25, -0.2) is 0 Å². The largest absolute Gasteiger partial charge is 0.328 e. The lowest BCUT2D eigenvalue weighted by Gasteiger charge is -2.35. The minimum Gasteiger partial charge on any atom is -0.328 e. The van der Waals surface area contributed by atoms with Crippen molar-refractivity contribution < 1.29 is 0 Å². The average Bonchev–Trinajstić information content (AvgIpc) is 2.41. The number of benzene rings is 1. The molecule has 2 heteroatoms. The normalized spacial score (nSPS) is 23.8. The van der Waals surface area contributed by atoms with Gasteiger partial charge in [0, 0.05) is 18.6 Å². The van der Waals surface area contributed by atoms with Crippen molar-refractivity contribution >= 4 is 0 Å². The van der Waals surface area contributed by atoms with Crippen molar-refractivity contribution in [3.05, 3.63) is 34.9 Å². The van der Waals surface area contributed by atoms with E-state index in [2.05, 4.69) is 43.9 Å². The van der Waals surface area contributed by atoms with Crippen LogP contribution in [0.5, 0.6) is 0 Å². The first kappa shape index (κ1) is 14.5. The smallest absolute Gasteiger partial charge is 0.0239 e. The summed E-state index contributed by atoms with van der Waals surface area (Å²) in [6.07, 6.45) is 4.90. The molecule has 0 aromatic heterocycles. The lowest BCUT2D eigenvalue weighted by Crippen LogP contribution is -2.40. The molecule has 2 nitrogen and oxygen atoms in total. The molecule has 0 atom stereocenters. The van der Waals surface area contributed by atoms with Crippen LogP contribution in [0.4, 0.5) is 0 Å². The van der Waals surface area contributed by atoms with Gasteiger partial charge in [0.2, 0.25) is 0 Å². The van der Waals surface area contributed by atoms with E-state index in [1.54, 1.807) is 0 Å². The molecule has 0 bridgehead atoms. The topological polar surface area (TPSA) is 29.3 Å². The number of nitrogens with two attached hydrogens (primary N) is 1. The van der Waals surface area contributed by atoms with Gasteiger partial charge in [-0.3, -0.25) is 4.90 Å². The summed E-state index contributed by atoms with van der Waals surface area (Å²) >= 11 is 0. The zero-order valence-electron chi connectivity index (χ0n) is 12.7. The Bertz CT molecular complexity index is 406. The fourth-order valence-corrected chi connectivity index (χ4v) is 3.16. The lowest BCUT2D eigenvalue weighted by molar-refractivity contribution is 0.149. The summed E-state index contributed by atoms with van der Waals surface area (Å²) < 4.78 is 0. The van der Waals surface area contributed by atoms with Crippen LogP contribution in [0.25, 0.3) is 0 Å². The fourth-order valence-electron chi connectivity index (χ4n) is 3.16. The van der Waals surface area contributed by atoms with Crippen molar-refractivity contribution in [2.45, 2.75) is 65.1 Å². The Morgan fingerprint density at radius 3 is 2.47 bits per heavy atom. The molecular weight excluding hydrogens is 232 g/mol. The second kappa shape index (κ2) is 6.53. The zero-order valence-corrected chi connectivity index (χ0v) is 12.7. The Balaban J connectivity index is 2.04. The van der Waals surface area contributed by atoms with Crippen LogP contribution in [0.2, 0.25) is 0 Å². The third-order valence-corrected chi connectivity index (χ3v) is 4.54. The van der Waals surface area contributed by atoms with Crippen LogP contribution in [-0.4, -0.2) is 23.5 Å². The summed E-state index contributed by atoms with van der Waals surface area (Å²) in [6, 6.07) is 7.96. The summed E-state index contributed by atoms with van der Waals surface area (Å²) in [5.41, 5.74) is 10.3. The van der Waals surface area contributed by atoms with Gasteiger partial charge in [0.1, 0.15) is 0 Å². The van der Waals surface area contributed by atoms with Crippen molar-refractivity contribution in [1.82, 2.24) is 4.90 Å². The van der Waals surface area contributed by atoms with Gasteiger partial charge in [-0.15, -0.1) is 0 Å². The molecular formula is C17H28N2. The number of hydrogen-bond acceptors (Lipinski definition) is 2. The van der Waals surface area contributed by atoms with Crippen LogP contribution in [0.3, 0.4) is 0 Å². The van der Waals surface area contributed by atoms with Crippen LogP contribution < -0.4 is 5.73 Å². The van der Waals surface area contributed by atoms with E-state index in [4.69, 9.17) is 5.73 Å². The van der Waals surface area contributed by atoms with Gasteiger partial charge >= 0.3 is 0 Å². The van der Waals surface area contributed by atoms with Crippen molar-refractivity contribution in [2.24, 2.45) is 5.73 Å². The molecule has 1 aromatic rings. The van der Waals surface area contributed by atoms with Crippen molar-refractivity contribution in [2.75, 3.05) is 6.54 Å². The Kier molecular flexibility index (Phi) is 5.00. The van der Waals surface area contributed by atoms with Gasteiger partial charge < -0.3 is 5.73 Å². The lowest BCUT2D eigenvalue weighted by atomic mass is 9.90. The van der Waals surface area contributed by atoms with Gasteiger partial charge in [0.15, 0.2) is 0 Å². The molecule has 1 aliphatic rings. The van der Waals surface area contributed by atoms with Crippen molar-refractivity contribution in [3.63, 3.8) is 0 Å². The molecule has 0 amide bonds. The van der Waals surface area contributed by atoms with Crippen LogP contribution in [0, 0.1) is 13.8 Å². The molecule has 19 heavy (non-hydrogen) atoms. The van der Waals surface area contributed by atoms with Crippen LogP contribution in [0.15, 0.2) is 18.2 Å². The third kappa shape index (κ3) is 3.80. The minimum absolute atomic E-state index is 0.440. The third-order valence-electron chi connectivity index (χ3n) is 4.54. The molecule has 1 saturated carbocycles. The first-order chi connectivity index (χ1) is 9.10. The maximum atomic E-state index is 6.02. The Labute approximate surface area is 118 Å². The zero-order chi connectivity index (χ0) is 13.8. The Hall–Kier alpha value is -0.860. The van der Waals surface area contributed by atoms with Gasteiger partial charge in [-0.05, 0) is 57.2 Å². The quantitative estimate of drug-likeness (QED) is 0.899. The first-order valence-corrected chi connectivity index (χ1v) is 7.66. The molecule has 0 spiro atoms. The highest BCUT2D eigenvalue weighted by Crippen LogP contribution is 2.24. The summed E-state index contributed by atoms with van der Waals surface area (Å²) in [5, 5.41) is 0. The van der Waals surface area contributed by atoms with Crippen molar-refractivity contribution in [3.8, 4) is 0 Å². The molecule has 0 heterocycles. The highest BCUT2D eigenvalue weighted by atomic mass is 15.1. The van der Waals surface area contributed by atoms with E-state index in [1.807, 2.05) is 0 Å². The number of nitrogens with zero attached hydrogens (tertiary/aromatic N) is 1. The molecule has 0 unspecified atom stereocenters. The predicted octanol–water partition coefficient (Wildman–Crippen LogP) is 3.40. The molecule has 2 rings (SSSR count). The summed E-state index contributed by atoms with van der Waals surface area (Å²) in [7, 11) is 0.